The molecule has 0 radical (unpaired) electrons. The normalized spacial score (nSPS) is 22.0. The van der Waals surface area contributed by atoms with Crippen LogP contribution >= 0.6 is 11.3 Å². The Morgan fingerprint density at radius 2 is 1.24 bits per heavy atom. The Hall–Kier alpha value is -2.64. The summed E-state index contributed by atoms with van der Waals surface area (Å²) in [6.07, 6.45) is 29.1. The Morgan fingerprint density at radius 3 is 2.09 bits per heavy atom. The Balaban J connectivity index is 1.20. The van der Waals surface area contributed by atoms with Crippen molar-refractivity contribution in [3.05, 3.63) is 104 Å². The second kappa shape index (κ2) is 7.99. The summed E-state index contributed by atoms with van der Waals surface area (Å²) in [5.74, 6) is 0. The summed E-state index contributed by atoms with van der Waals surface area (Å²) in [4.78, 5) is 1.57. The molecular weight excluding hydrogens is 416 g/mol. The van der Waals surface area contributed by atoms with Crippen molar-refractivity contribution < 1.29 is 0 Å². The van der Waals surface area contributed by atoms with Gasteiger partial charge in [-0.2, -0.15) is 0 Å². The third-order valence-electron chi connectivity index (χ3n) is 8.17. The molecule has 0 aliphatic heterocycles. The van der Waals surface area contributed by atoms with Crippen LogP contribution in [0, 0.1) is 0 Å². The van der Waals surface area contributed by atoms with Crippen LogP contribution in [0.4, 0.5) is 0 Å². The van der Waals surface area contributed by atoms with Crippen LogP contribution in [-0.2, 0) is 6.42 Å². The lowest BCUT2D eigenvalue weighted by Gasteiger charge is -2.27. The van der Waals surface area contributed by atoms with Gasteiger partial charge in [-0.25, -0.2) is 0 Å². The number of benzene rings is 1. The van der Waals surface area contributed by atoms with Gasteiger partial charge in [0, 0.05) is 15.0 Å². The molecule has 1 heterocycles. The molecule has 1 aromatic carbocycles. The van der Waals surface area contributed by atoms with E-state index in [0.717, 1.165) is 6.42 Å². The summed E-state index contributed by atoms with van der Waals surface area (Å²) in [6.45, 7) is 0. The molecule has 0 saturated heterocycles. The molecule has 7 rings (SSSR count). The molecule has 1 aromatic heterocycles. The number of fused-ring (bicyclic) bond motifs is 3. The zero-order chi connectivity index (χ0) is 21.8. The minimum absolute atomic E-state index is 1.16. The fraction of sp³-hybridized carbons (Fsp3) is 0.312. The van der Waals surface area contributed by atoms with E-state index in [1.165, 1.54) is 84.6 Å². The lowest BCUT2D eigenvalue weighted by atomic mass is 9.78. The molecule has 0 N–H and O–H groups in total. The van der Waals surface area contributed by atoms with Crippen LogP contribution in [0.15, 0.2) is 88.1 Å². The van der Waals surface area contributed by atoms with Gasteiger partial charge in [0.25, 0.3) is 0 Å². The Bertz CT molecular complexity index is 1390. The van der Waals surface area contributed by atoms with Gasteiger partial charge in [-0.15, -0.1) is 11.3 Å². The van der Waals surface area contributed by atoms with E-state index in [0.29, 0.717) is 0 Å². The van der Waals surface area contributed by atoms with Gasteiger partial charge in [0.05, 0.1) is 0 Å². The fourth-order valence-electron chi connectivity index (χ4n) is 6.33. The first-order chi connectivity index (χ1) is 16.3. The van der Waals surface area contributed by atoms with Crippen LogP contribution in [0.2, 0.25) is 0 Å². The lowest BCUT2D eigenvalue weighted by Crippen LogP contribution is -2.08. The van der Waals surface area contributed by atoms with Crippen molar-refractivity contribution in [3.8, 4) is 0 Å². The monoisotopic (exact) mass is 446 g/mol. The second-order valence-electron chi connectivity index (χ2n) is 10.1. The van der Waals surface area contributed by atoms with Crippen molar-refractivity contribution in [1.82, 2.24) is 0 Å². The van der Waals surface area contributed by atoms with E-state index < -0.39 is 0 Å². The molecule has 1 heteroatoms. The number of allylic oxidation sites excluding steroid dienone is 13. The molecule has 2 aromatic rings. The average Bonchev–Trinajstić information content (AvgIpc) is 3.26. The van der Waals surface area contributed by atoms with Gasteiger partial charge in [-0.1, -0.05) is 48.6 Å². The first-order valence-electron chi connectivity index (χ1n) is 12.8. The van der Waals surface area contributed by atoms with Gasteiger partial charge < -0.3 is 0 Å². The Labute approximate surface area is 201 Å². The van der Waals surface area contributed by atoms with Crippen LogP contribution in [0.5, 0.6) is 0 Å². The largest absolute Gasteiger partial charge is 0.140 e. The van der Waals surface area contributed by atoms with E-state index >= 15 is 0 Å². The molecule has 5 aliphatic rings. The summed E-state index contributed by atoms with van der Waals surface area (Å²) in [7, 11) is 0. The van der Waals surface area contributed by atoms with Gasteiger partial charge in [0.1, 0.15) is 0 Å². The molecule has 0 atom stereocenters. The van der Waals surface area contributed by atoms with Gasteiger partial charge in [-0.3, -0.25) is 0 Å². The Morgan fingerprint density at radius 1 is 0.576 bits per heavy atom. The average molecular weight is 447 g/mol. The quantitative estimate of drug-likeness (QED) is 0.431. The van der Waals surface area contributed by atoms with E-state index in [1.54, 1.807) is 38.3 Å². The van der Waals surface area contributed by atoms with Crippen molar-refractivity contribution in [2.75, 3.05) is 0 Å². The molecule has 0 nitrogen and oxygen atoms in total. The highest BCUT2D eigenvalue weighted by Gasteiger charge is 2.22. The lowest BCUT2D eigenvalue weighted by molar-refractivity contribution is 0.813. The third-order valence-corrected chi connectivity index (χ3v) is 9.42. The number of thiophene rings is 1. The Kier molecular flexibility index (Phi) is 4.79. The highest BCUT2D eigenvalue weighted by atomic mass is 32.1. The predicted molar refractivity (Wildman–Crippen MR) is 143 cm³/mol. The SMILES string of the molecule is C1=CC2=C(C=C(C3=CC4=C(C=C(c5ccc6sc7c(c6c5)C=CCC7)CC4)CC3)CC2)CC1. The van der Waals surface area contributed by atoms with Crippen LogP contribution in [0.3, 0.4) is 0 Å². The summed E-state index contributed by atoms with van der Waals surface area (Å²) in [5.41, 5.74) is 14.1. The minimum Gasteiger partial charge on any atom is -0.140 e. The van der Waals surface area contributed by atoms with Crippen LogP contribution in [0.1, 0.15) is 73.8 Å². The van der Waals surface area contributed by atoms with Crippen molar-refractivity contribution in [2.45, 2.75) is 64.2 Å². The van der Waals surface area contributed by atoms with Crippen LogP contribution < -0.4 is 0 Å². The number of hydrogen-bond donors (Lipinski definition) is 0. The van der Waals surface area contributed by atoms with Gasteiger partial charge in [-0.05, 0) is 126 Å². The van der Waals surface area contributed by atoms with Crippen molar-refractivity contribution in [2.24, 2.45) is 0 Å². The van der Waals surface area contributed by atoms with E-state index in [2.05, 4.69) is 60.7 Å². The molecule has 33 heavy (non-hydrogen) atoms. The van der Waals surface area contributed by atoms with E-state index in [4.69, 9.17) is 0 Å². The maximum atomic E-state index is 2.56. The number of hydrogen-bond acceptors (Lipinski definition) is 1. The van der Waals surface area contributed by atoms with Gasteiger partial charge >= 0.3 is 0 Å². The summed E-state index contributed by atoms with van der Waals surface area (Å²) < 4.78 is 1.45. The van der Waals surface area contributed by atoms with Crippen molar-refractivity contribution in [3.63, 3.8) is 0 Å². The molecular formula is C32H30S. The molecule has 0 unspecified atom stereocenters. The summed E-state index contributed by atoms with van der Waals surface area (Å²) in [5, 5.41) is 1.46. The van der Waals surface area contributed by atoms with Crippen LogP contribution in [-0.4, -0.2) is 0 Å². The fourth-order valence-corrected chi connectivity index (χ4v) is 7.52. The standard InChI is InChI=1S/C32H30S/c1-2-6-22-17-23(10-9-21(22)5-1)24-11-12-26-19-27(14-13-25(26)18-24)28-15-16-32-30(20-28)29-7-3-4-8-31(29)33-32/h1,3,5,7,15-20H,2,4,6,8-14H2. The first kappa shape index (κ1) is 19.8. The smallest absolute Gasteiger partial charge is 0.0352 e. The first-order valence-corrected chi connectivity index (χ1v) is 13.6. The number of rotatable bonds is 2. The van der Waals surface area contributed by atoms with E-state index in [9.17, 15) is 0 Å². The molecule has 164 valence electrons. The van der Waals surface area contributed by atoms with Crippen LogP contribution in [0.25, 0.3) is 21.7 Å². The van der Waals surface area contributed by atoms with Gasteiger partial charge in [0.2, 0.25) is 0 Å². The van der Waals surface area contributed by atoms with Gasteiger partial charge in [0.15, 0.2) is 0 Å². The highest BCUT2D eigenvalue weighted by Crippen LogP contribution is 2.43. The summed E-state index contributed by atoms with van der Waals surface area (Å²) >= 11 is 1.99. The zero-order valence-corrected chi connectivity index (χ0v) is 20.1. The molecule has 0 amide bonds. The maximum Gasteiger partial charge on any atom is 0.0352 e. The van der Waals surface area contributed by atoms with Crippen molar-refractivity contribution >= 4 is 33.1 Å². The molecule has 0 spiro atoms. The number of aryl methyl sites for hydroxylation is 1. The van der Waals surface area contributed by atoms with Crippen molar-refractivity contribution in [1.29, 1.82) is 0 Å². The molecule has 0 saturated carbocycles. The van der Waals surface area contributed by atoms with E-state index in [1.807, 2.05) is 11.3 Å². The predicted octanol–water partition coefficient (Wildman–Crippen LogP) is 9.42. The summed E-state index contributed by atoms with van der Waals surface area (Å²) in [6, 6.07) is 7.20. The third kappa shape index (κ3) is 3.49. The zero-order valence-electron chi connectivity index (χ0n) is 19.3. The maximum absolute atomic E-state index is 2.56. The van der Waals surface area contributed by atoms with E-state index in [-0.39, 0.29) is 0 Å². The molecule has 0 bridgehead atoms. The highest BCUT2D eigenvalue weighted by molar-refractivity contribution is 7.19. The molecule has 0 fully saturated rings. The molecule has 5 aliphatic carbocycles. The minimum atomic E-state index is 1.16. The topological polar surface area (TPSA) is 0 Å². The second-order valence-corrected chi connectivity index (χ2v) is 11.3.